The second-order valence-electron chi connectivity index (χ2n) is 7.45. The molecule has 4 aromatic rings. The van der Waals surface area contributed by atoms with Gasteiger partial charge >= 0.3 is 0 Å². The van der Waals surface area contributed by atoms with E-state index >= 15 is 0 Å². The number of sulfone groups is 1. The fraction of sp³-hybridized carbons (Fsp3) is 0.174. The zero-order valence-corrected chi connectivity index (χ0v) is 19.0. The Balaban J connectivity index is 1.74. The van der Waals surface area contributed by atoms with Crippen LogP contribution >= 0.6 is 11.3 Å². The number of para-hydroxylation sites is 1. The largest absolute Gasteiger partial charge is 0.279 e. The molecule has 0 aliphatic rings. The summed E-state index contributed by atoms with van der Waals surface area (Å²) < 4.78 is 39.6. The molecule has 164 valence electrons. The van der Waals surface area contributed by atoms with Crippen molar-refractivity contribution in [3.05, 3.63) is 83.9 Å². The van der Waals surface area contributed by atoms with Crippen molar-refractivity contribution in [2.24, 2.45) is 0 Å². The lowest BCUT2D eigenvalue weighted by atomic mass is 10.2. The van der Waals surface area contributed by atoms with Gasteiger partial charge in [0, 0.05) is 18.0 Å². The number of fused-ring (bicyclic) bond motifs is 1. The van der Waals surface area contributed by atoms with E-state index in [2.05, 4.69) is 9.97 Å². The molecule has 0 spiro atoms. The number of carbonyl (C=O) groups is 1. The molecule has 2 heterocycles. The van der Waals surface area contributed by atoms with Crippen molar-refractivity contribution in [3.8, 4) is 0 Å². The van der Waals surface area contributed by atoms with Crippen molar-refractivity contribution in [1.29, 1.82) is 0 Å². The van der Waals surface area contributed by atoms with Gasteiger partial charge in [-0.3, -0.25) is 14.7 Å². The number of nitrogens with zero attached hydrogens (tertiary/aromatic N) is 3. The number of halogens is 1. The zero-order valence-electron chi connectivity index (χ0n) is 17.4. The van der Waals surface area contributed by atoms with E-state index < -0.39 is 20.9 Å². The van der Waals surface area contributed by atoms with E-state index in [-0.39, 0.29) is 22.9 Å². The van der Waals surface area contributed by atoms with Crippen molar-refractivity contribution in [3.63, 3.8) is 0 Å². The first-order valence-corrected chi connectivity index (χ1v) is 12.2. The average molecular weight is 470 g/mol. The van der Waals surface area contributed by atoms with Gasteiger partial charge in [-0.2, -0.15) is 0 Å². The predicted molar refractivity (Wildman–Crippen MR) is 123 cm³/mol. The van der Waals surface area contributed by atoms with Crippen LogP contribution in [0.5, 0.6) is 0 Å². The highest BCUT2D eigenvalue weighted by molar-refractivity contribution is 7.92. The summed E-state index contributed by atoms with van der Waals surface area (Å²) in [6, 6.07) is 14.1. The van der Waals surface area contributed by atoms with E-state index in [1.807, 2.05) is 6.07 Å². The van der Waals surface area contributed by atoms with Crippen molar-refractivity contribution in [2.75, 3.05) is 4.90 Å². The maximum Gasteiger partial charge on any atom is 0.260 e. The first kappa shape index (κ1) is 22.0. The molecule has 0 N–H and O–H groups in total. The van der Waals surface area contributed by atoms with Gasteiger partial charge < -0.3 is 0 Å². The summed E-state index contributed by atoms with van der Waals surface area (Å²) in [6.07, 6.45) is 3.28. The molecule has 0 atom stereocenters. The molecule has 0 radical (unpaired) electrons. The van der Waals surface area contributed by atoms with Crippen LogP contribution in [-0.2, 0) is 16.4 Å². The number of anilines is 1. The Morgan fingerprint density at radius 2 is 1.84 bits per heavy atom. The van der Waals surface area contributed by atoms with Crippen LogP contribution in [-0.4, -0.2) is 29.5 Å². The third-order valence-corrected chi connectivity index (χ3v) is 8.16. The van der Waals surface area contributed by atoms with E-state index in [0.717, 1.165) is 5.56 Å². The van der Waals surface area contributed by atoms with Crippen LogP contribution in [0.2, 0.25) is 0 Å². The molecule has 0 saturated heterocycles. The zero-order chi connectivity index (χ0) is 22.9. The van der Waals surface area contributed by atoms with Crippen molar-refractivity contribution in [1.82, 2.24) is 9.97 Å². The smallest absolute Gasteiger partial charge is 0.260 e. The van der Waals surface area contributed by atoms with Crippen LogP contribution in [0.25, 0.3) is 10.2 Å². The van der Waals surface area contributed by atoms with Gasteiger partial charge in [0.05, 0.1) is 21.4 Å². The normalized spacial score (nSPS) is 11.8. The molecule has 0 aliphatic carbocycles. The molecular weight excluding hydrogens is 449 g/mol. The number of rotatable bonds is 6. The van der Waals surface area contributed by atoms with E-state index in [1.54, 1.807) is 44.4 Å². The Kier molecular flexibility index (Phi) is 6.03. The first-order valence-electron chi connectivity index (χ1n) is 9.87. The second kappa shape index (κ2) is 8.76. The van der Waals surface area contributed by atoms with E-state index in [1.165, 1.54) is 46.6 Å². The van der Waals surface area contributed by atoms with Crippen molar-refractivity contribution < 1.29 is 17.6 Å². The van der Waals surface area contributed by atoms with Gasteiger partial charge in [0.15, 0.2) is 15.0 Å². The summed E-state index contributed by atoms with van der Waals surface area (Å²) in [4.78, 5) is 23.5. The highest BCUT2D eigenvalue weighted by atomic mass is 32.2. The molecule has 0 aliphatic heterocycles. The van der Waals surface area contributed by atoms with E-state index in [4.69, 9.17) is 0 Å². The molecule has 4 rings (SSSR count). The topological polar surface area (TPSA) is 80.2 Å². The maximum absolute atomic E-state index is 14.2. The third kappa shape index (κ3) is 4.26. The van der Waals surface area contributed by atoms with E-state index in [9.17, 15) is 17.6 Å². The lowest BCUT2D eigenvalue weighted by Crippen LogP contribution is -2.30. The molecule has 0 bridgehead atoms. The second-order valence-corrected chi connectivity index (χ2v) is 11.0. The molecule has 32 heavy (non-hydrogen) atoms. The standard InChI is InChI=1S/C23H20FN3O3S2/c1-15(2)32(29,30)18-10-8-17(9-11-18)22(28)27(14-16-5-4-12-25-13-16)23-26-21-19(24)6-3-7-20(21)31-23/h3-13,15H,14H2,1-2H3. The van der Waals surface area contributed by atoms with Crippen LogP contribution in [0, 0.1) is 5.82 Å². The SMILES string of the molecule is CC(C)S(=O)(=O)c1ccc(C(=O)N(Cc2cccnc2)c2nc3c(F)cccc3s2)cc1. The molecule has 0 fully saturated rings. The Morgan fingerprint density at radius 1 is 1.09 bits per heavy atom. The number of hydrogen-bond acceptors (Lipinski definition) is 6. The molecule has 0 saturated carbocycles. The minimum absolute atomic E-state index is 0.157. The summed E-state index contributed by atoms with van der Waals surface area (Å²) >= 11 is 1.21. The fourth-order valence-electron chi connectivity index (χ4n) is 3.13. The van der Waals surface area contributed by atoms with Gasteiger partial charge in [-0.1, -0.05) is 23.5 Å². The summed E-state index contributed by atoms with van der Waals surface area (Å²) in [5.74, 6) is -0.830. The molecule has 1 amide bonds. The average Bonchev–Trinajstić information content (AvgIpc) is 3.23. The van der Waals surface area contributed by atoms with Gasteiger partial charge in [0.25, 0.3) is 5.91 Å². The molecule has 9 heteroatoms. The summed E-state index contributed by atoms with van der Waals surface area (Å²) in [5, 5.41) is -0.221. The maximum atomic E-state index is 14.2. The van der Waals surface area contributed by atoms with Crippen LogP contribution in [0.1, 0.15) is 29.8 Å². The quantitative estimate of drug-likeness (QED) is 0.403. The van der Waals surface area contributed by atoms with Gasteiger partial charge in [-0.15, -0.1) is 0 Å². The number of aromatic nitrogens is 2. The molecule has 2 aromatic carbocycles. The number of pyridine rings is 1. The Hall–Kier alpha value is -3.17. The summed E-state index contributed by atoms with van der Waals surface area (Å²) in [6.45, 7) is 3.40. The first-order chi connectivity index (χ1) is 15.3. The molecular formula is C23H20FN3O3S2. The summed E-state index contributed by atoms with van der Waals surface area (Å²) in [7, 11) is -3.45. The van der Waals surface area contributed by atoms with Crippen molar-refractivity contribution >= 4 is 42.4 Å². The fourth-order valence-corrected chi connectivity index (χ4v) is 5.17. The third-order valence-electron chi connectivity index (χ3n) is 4.95. The van der Waals surface area contributed by atoms with Gasteiger partial charge in [-0.25, -0.2) is 17.8 Å². The lowest BCUT2D eigenvalue weighted by Gasteiger charge is -2.20. The highest BCUT2D eigenvalue weighted by Gasteiger charge is 2.24. The molecule has 0 unspecified atom stereocenters. The lowest BCUT2D eigenvalue weighted by molar-refractivity contribution is 0.0985. The minimum atomic E-state index is -3.45. The number of amides is 1. The number of benzene rings is 2. The Bertz CT molecular complexity index is 1370. The predicted octanol–water partition coefficient (Wildman–Crippen LogP) is 4.86. The Morgan fingerprint density at radius 3 is 2.47 bits per heavy atom. The number of thiazole rings is 1. The van der Waals surface area contributed by atoms with E-state index in [0.29, 0.717) is 15.4 Å². The monoisotopic (exact) mass is 469 g/mol. The van der Waals surface area contributed by atoms with Crippen LogP contribution < -0.4 is 4.90 Å². The van der Waals surface area contributed by atoms with Gasteiger partial charge in [0.2, 0.25) is 0 Å². The van der Waals surface area contributed by atoms with Crippen LogP contribution in [0.4, 0.5) is 9.52 Å². The van der Waals surface area contributed by atoms with Crippen molar-refractivity contribution in [2.45, 2.75) is 30.5 Å². The molecule has 2 aromatic heterocycles. The minimum Gasteiger partial charge on any atom is -0.279 e. The molecule has 6 nitrogen and oxygen atoms in total. The number of carbonyl (C=O) groups excluding carboxylic acids is 1. The van der Waals surface area contributed by atoms with Gasteiger partial charge in [-0.05, 0) is 61.9 Å². The number of hydrogen-bond donors (Lipinski definition) is 0. The van der Waals surface area contributed by atoms with Crippen LogP contribution in [0.15, 0.2) is 71.9 Å². The highest BCUT2D eigenvalue weighted by Crippen LogP contribution is 2.32. The Labute approximate surface area is 189 Å². The summed E-state index contributed by atoms with van der Waals surface area (Å²) in [5.41, 5.74) is 1.28. The van der Waals surface area contributed by atoms with Gasteiger partial charge in [0.1, 0.15) is 11.3 Å². The van der Waals surface area contributed by atoms with Crippen LogP contribution in [0.3, 0.4) is 0 Å².